The van der Waals surface area contributed by atoms with E-state index in [1.54, 1.807) is 0 Å². The van der Waals surface area contributed by atoms with Crippen molar-refractivity contribution in [2.45, 2.75) is 46.6 Å². The lowest BCUT2D eigenvalue weighted by molar-refractivity contribution is 0.353. The molecule has 0 rings (SSSR count). The molecule has 0 amide bonds. The SMILES string of the molecule is CCC(C)(C)NCC(C)C. The molecule has 0 aromatic carbocycles. The second kappa shape index (κ2) is 3.97. The molecule has 0 aliphatic carbocycles. The first-order valence-electron chi connectivity index (χ1n) is 4.23. The van der Waals surface area contributed by atoms with Crippen LogP contribution in [0.25, 0.3) is 0 Å². The summed E-state index contributed by atoms with van der Waals surface area (Å²) in [5, 5.41) is 3.51. The quantitative estimate of drug-likeness (QED) is 0.637. The van der Waals surface area contributed by atoms with Crippen LogP contribution >= 0.6 is 0 Å². The van der Waals surface area contributed by atoms with Gasteiger partial charge in [0.1, 0.15) is 0 Å². The lowest BCUT2D eigenvalue weighted by Crippen LogP contribution is -2.40. The molecule has 0 spiro atoms. The number of hydrogen-bond donors (Lipinski definition) is 1. The maximum atomic E-state index is 3.51. The van der Waals surface area contributed by atoms with Crippen molar-refractivity contribution < 1.29 is 0 Å². The topological polar surface area (TPSA) is 12.0 Å². The molecular weight excluding hydrogens is 122 g/mol. The van der Waals surface area contributed by atoms with Crippen molar-refractivity contribution in [3.8, 4) is 0 Å². The van der Waals surface area contributed by atoms with Gasteiger partial charge in [-0.15, -0.1) is 0 Å². The van der Waals surface area contributed by atoms with E-state index in [0.29, 0.717) is 5.54 Å². The van der Waals surface area contributed by atoms with E-state index in [1.165, 1.54) is 6.42 Å². The monoisotopic (exact) mass is 143 g/mol. The van der Waals surface area contributed by atoms with Gasteiger partial charge in [0.15, 0.2) is 0 Å². The van der Waals surface area contributed by atoms with Gasteiger partial charge >= 0.3 is 0 Å². The van der Waals surface area contributed by atoms with Crippen LogP contribution in [0.5, 0.6) is 0 Å². The van der Waals surface area contributed by atoms with Gasteiger partial charge < -0.3 is 5.32 Å². The van der Waals surface area contributed by atoms with E-state index in [2.05, 4.69) is 39.9 Å². The molecule has 0 aromatic rings. The summed E-state index contributed by atoms with van der Waals surface area (Å²) in [6.07, 6.45) is 1.19. The predicted octanol–water partition coefficient (Wildman–Crippen LogP) is 2.42. The molecule has 0 saturated carbocycles. The molecule has 0 atom stereocenters. The Labute approximate surface area is 65.2 Å². The van der Waals surface area contributed by atoms with Crippen LogP contribution in [0.2, 0.25) is 0 Å². The van der Waals surface area contributed by atoms with Crippen molar-refractivity contribution in [3.05, 3.63) is 0 Å². The Hall–Kier alpha value is -0.0400. The summed E-state index contributed by atoms with van der Waals surface area (Å²) in [5.74, 6) is 0.755. The van der Waals surface area contributed by atoms with E-state index >= 15 is 0 Å². The Morgan fingerprint density at radius 3 is 2.10 bits per heavy atom. The molecule has 1 nitrogen and oxygen atoms in total. The van der Waals surface area contributed by atoms with E-state index in [0.717, 1.165) is 12.5 Å². The fraction of sp³-hybridized carbons (Fsp3) is 1.00. The third-order valence-electron chi connectivity index (χ3n) is 1.87. The van der Waals surface area contributed by atoms with Gasteiger partial charge in [0.2, 0.25) is 0 Å². The Morgan fingerprint density at radius 1 is 1.30 bits per heavy atom. The molecule has 0 aliphatic heterocycles. The first-order valence-corrected chi connectivity index (χ1v) is 4.23. The Kier molecular flexibility index (Phi) is 3.95. The summed E-state index contributed by atoms with van der Waals surface area (Å²) in [7, 11) is 0. The van der Waals surface area contributed by atoms with Crippen molar-refractivity contribution >= 4 is 0 Å². The van der Waals surface area contributed by atoms with Gasteiger partial charge in [-0.25, -0.2) is 0 Å². The number of rotatable bonds is 4. The number of hydrogen-bond acceptors (Lipinski definition) is 1. The maximum absolute atomic E-state index is 3.51. The Bertz CT molecular complexity index is 84.7. The van der Waals surface area contributed by atoms with Gasteiger partial charge in [-0.05, 0) is 32.7 Å². The van der Waals surface area contributed by atoms with Crippen LogP contribution in [0.1, 0.15) is 41.0 Å². The maximum Gasteiger partial charge on any atom is 0.0122 e. The third kappa shape index (κ3) is 4.80. The molecule has 0 aromatic heterocycles. The molecule has 10 heavy (non-hydrogen) atoms. The van der Waals surface area contributed by atoms with Crippen molar-refractivity contribution in [1.29, 1.82) is 0 Å². The van der Waals surface area contributed by atoms with Crippen LogP contribution in [0.4, 0.5) is 0 Å². The summed E-state index contributed by atoms with van der Waals surface area (Å²) < 4.78 is 0. The minimum atomic E-state index is 0.324. The lowest BCUT2D eigenvalue weighted by atomic mass is 10.0. The van der Waals surface area contributed by atoms with E-state index in [4.69, 9.17) is 0 Å². The van der Waals surface area contributed by atoms with Crippen LogP contribution in [-0.2, 0) is 0 Å². The Balaban J connectivity index is 3.46. The largest absolute Gasteiger partial charge is 0.312 e. The van der Waals surface area contributed by atoms with Gasteiger partial charge in [-0.1, -0.05) is 20.8 Å². The molecule has 0 fully saturated rings. The summed E-state index contributed by atoms with van der Waals surface area (Å²) in [6, 6.07) is 0. The summed E-state index contributed by atoms with van der Waals surface area (Å²) >= 11 is 0. The van der Waals surface area contributed by atoms with Gasteiger partial charge in [-0.3, -0.25) is 0 Å². The van der Waals surface area contributed by atoms with Crippen molar-refractivity contribution in [1.82, 2.24) is 5.32 Å². The standard InChI is InChI=1S/C9H21N/c1-6-9(4,5)10-7-8(2)3/h8,10H,6-7H2,1-5H3. The van der Waals surface area contributed by atoms with Crippen molar-refractivity contribution in [2.75, 3.05) is 6.54 Å². The minimum absolute atomic E-state index is 0.324. The summed E-state index contributed by atoms with van der Waals surface area (Å²) in [5.41, 5.74) is 0.324. The first kappa shape index (κ1) is 9.96. The molecular formula is C9H21N. The van der Waals surface area contributed by atoms with Gasteiger partial charge in [0.05, 0.1) is 0 Å². The van der Waals surface area contributed by atoms with E-state index < -0.39 is 0 Å². The van der Waals surface area contributed by atoms with E-state index in [9.17, 15) is 0 Å². The van der Waals surface area contributed by atoms with E-state index in [1.807, 2.05) is 0 Å². The summed E-state index contributed by atoms with van der Waals surface area (Å²) in [4.78, 5) is 0. The average Bonchev–Trinajstić information content (AvgIpc) is 1.85. The van der Waals surface area contributed by atoms with Gasteiger partial charge in [-0.2, -0.15) is 0 Å². The van der Waals surface area contributed by atoms with Crippen LogP contribution in [-0.4, -0.2) is 12.1 Å². The molecule has 0 heterocycles. The predicted molar refractivity (Wildman–Crippen MR) is 47.2 cm³/mol. The minimum Gasteiger partial charge on any atom is -0.312 e. The molecule has 62 valence electrons. The van der Waals surface area contributed by atoms with Crippen LogP contribution in [0, 0.1) is 5.92 Å². The van der Waals surface area contributed by atoms with E-state index in [-0.39, 0.29) is 0 Å². The highest BCUT2D eigenvalue weighted by atomic mass is 14.9. The molecule has 0 radical (unpaired) electrons. The highest BCUT2D eigenvalue weighted by molar-refractivity contribution is 4.75. The normalized spacial score (nSPS) is 12.6. The first-order chi connectivity index (χ1) is 4.48. The lowest BCUT2D eigenvalue weighted by Gasteiger charge is -2.25. The molecule has 0 aliphatic rings. The molecule has 0 bridgehead atoms. The van der Waals surface area contributed by atoms with Crippen molar-refractivity contribution in [2.24, 2.45) is 5.92 Å². The molecule has 1 heteroatoms. The molecule has 1 N–H and O–H groups in total. The van der Waals surface area contributed by atoms with Crippen LogP contribution in [0.15, 0.2) is 0 Å². The fourth-order valence-electron chi connectivity index (χ4n) is 0.605. The van der Waals surface area contributed by atoms with Crippen molar-refractivity contribution in [3.63, 3.8) is 0 Å². The van der Waals surface area contributed by atoms with Crippen LogP contribution in [0.3, 0.4) is 0 Å². The third-order valence-corrected chi connectivity index (χ3v) is 1.87. The smallest absolute Gasteiger partial charge is 0.0122 e. The highest BCUT2D eigenvalue weighted by Crippen LogP contribution is 2.06. The zero-order valence-corrected chi connectivity index (χ0v) is 7.99. The van der Waals surface area contributed by atoms with Gasteiger partial charge in [0.25, 0.3) is 0 Å². The summed E-state index contributed by atoms with van der Waals surface area (Å²) in [6.45, 7) is 12.3. The zero-order chi connectivity index (χ0) is 8.20. The molecule has 0 saturated heterocycles. The van der Waals surface area contributed by atoms with Crippen LogP contribution < -0.4 is 5.32 Å². The zero-order valence-electron chi connectivity index (χ0n) is 7.99. The fourth-order valence-corrected chi connectivity index (χ4v) is 0.605. The van der Waals surface area contributed by atoms with Gasteiger partial charge in [0, 0.05) is 5.54 Å². The second-order valence-corrected chi connectivity index (χ2v) is 4.01. The second-order valence-electron chi connectivity index (χ2n) is 4.01. The average molecular weight is 143 g/mol. The number of nitrogens with one attached hydrogen (secondary N) is 1. The molecule has 0 unspecified atom stereocenters. The highest BCUT2D eigenvalue weighted by Gasteiger charge is 2.13. The Morgan fingerprint density at radius 2 is 1.80 bits per heavy atom.